The van der Waals surface area contributed by atoms with Crippen LogP contribution in [0.2, 0.25) is 25.7 Å². The summed E-state index contributed by atoms with van der Waals surface area (Å²) in [6.45, 7) is 9.90. The number of hydrogen-bond donors (Lipinski definition) is 0. The molecular formula is C34H45N3O5Si. The molecule has 2 saturated carbocycles. The van der Waals surface area contributed by atoms with Gasteiger partial charge in [0.1, 0.15) is 11.3 Å². The zero-order valence-electron chi connectivity index (χ0n) is 26.0. The van der Waals surface area contributed by atoms with Crippen LogP contribution in [0.3, 0.4) is 0 Å². The number of esters is 1. The van der Waals surface area contributed by atoms with Crippen LogP contribution in [0.15, 0.2) is 47.3 Å². The van der Waals surface area contributed by atoms with Crippen molar-refractivity contribution in [2.75, 3.05) is 13.2 Å². The number of ketones is 1. The molecule has 0 amide bonds. The molecule has 0 unspecified atom stereocenters. The highest BCUT2D eigenvalue weighted by Gasteiger charge is 2.46. The average Bonchev–Trinajstić information content (AvgIpc) is 3.41. The lowest BCUT2D eigenvalue weighted by Crippen LogP contribution is -2.36. The highest BCUT2D eigenvalue weighted by atomic mass is 28.3. The van der Waals surface area contributed by atoms with Crippen LogP contribution < -0.4 is 10.3 Å². The van der Waals surface area contributed by atoms with Crippen LogP contribution >= 0.6 is 0 Å². The summed E-state index contributed by atoms with van der Waals surface area (Å²) < 4.78 is 13.2. The van der Waals surface area contributed by atoms with Crippen molar-refractivity contribution in [1.29, 1.82) is 0 Å². The minimum atomic E-state index is -1.41. The molecule has 0 radical (unpaired) electrons. The lowest BCUT2D eigenvalue weighted by Gasteiger charge is -2.24. The first-order valence-electron chi connectivity index (χ1n) is 15.9. The molecule has 9 heteroatoms. The highest BCUT2D eigenvalue weighted by molar-refractivity contribution is 6.76. The van der Waals surface area contributed by atoms with Gasteiger partial charge in [-0.1, -0.05) is 55.7 Å². The first-order chi connectivity index (χ1) is 20.6. The van der Waals surface area contributed by atoms with E-state index in [1.165, 1.54) is 36.8 Å². The number of aromatic nitrogens is 3. The van der Waals surface area contributed by atoms with Gasteiger partial charge >= 0.3 is 5.97 Å². The van der Waals surface area contributed by atoms with Gasteiger partial charge in [-0.15, -0.1) is 5.10 Å². The number of aryl methyl sites for hydroxylation is 1. The third kappa shape index (κ3) is 7.79. The molecule has 2 aliphatic rings. The Bertz CT molecular complexity index is 1490. The van der Waals surface area contributed by atoms with E-state index in [4.69, 9.17) is 9.47 Å². The molecule has 230 valence electrons. The monoisotopic (exact) mass is 603 g/mol. The number of fused-ring (bicyclic) bond motifs is 1. The molecule has 0 aliphatic heterocycles. The molecular weight excluding hydrogens is 558 g/mol. The van der Waals surface area contributed by atoms with Crippen molar-refractivity contribution < 1.29 is 19.1 Å². The van der Waals surface area contributed by atoms with Crippen molar-refractivity contribution in [2.24, 2.45) is 23.7 Å². The number of ether oxygens (including phenoxy) is 2. The normalized spacial score (nSPS) is 21.2. The number of nitrogens with zero attached hydrogens (tertiary/aromatic N) is 3. The van der Waals surface area contributed by atoms with Crippen LogP contribution in [0.5, 0.6) is 5.75 Å². The molecule has 0 spiro atoms. The first-order valence-corrected chi connectivity index (χ1v) is 19.6. The largest absolute Gasteiger partial charge is 0.493 e. The standard InChI is InChI=1S/C34H45N3O5Si/c1-23-10-17-30-29(20-23)33(39)37(36-35-30)21-26-13-16-28(31(26)34(40)41-18-19-43(2,3)4)32(38)25-11-14-27(15-12-25)42-22-24-8-6-5-7-9-24/h10-12,14-15,17,20,24,26,28,31H,5-9,13,16,18-19,21-22H2,1-4H3/t26-,28-,31-/m0/s1. The van der Waals surface area contributed by atoms with Crippen molar-refractivity contribution in [1.82, 2.24) is 15.0 Å². The number of rotatable bonds is 11. The molecule has 0 bridgehead atoms. The van der Waals surface area contributed by atoms with E-state index in [-0.39, 0.29) is 29.8 Å². The lowest BCUT2D eigenvalue weighted by molar-refractivity contribution is -0.150. The first kappa shape index (κ1) is 31.1. The summed E-state index contributed by atoms with van der Waals surface area (Å²) in [5, 5.41) is 8.94. The molecule has 0 N–H and O–H groups in total. The zero-order chi connectivity index (χ0) is 30.6. The molecule has 43 heavy (non-hydrogen) atoms. The Kier molecular flexibility index (Phi) is 9.79. The summed E-state index contributed by atoms with van der Waals surface area (Å²) in [7, 11) is -1.41. The molecule has 3 aromatic rings. The van der Waals surface area contributed by atoms with Gasteiger partial charge in [0.15, 0.2) is 5.78 Å². The quantitative estimate of drug-likeness (QED) is 0.141. The van der Waals surface area contributed by atoms with Crippen molar-refractivity contribution in [3.8, 4) is 5.75 Å². The third-order valence-corrected chi connectivity index (χ3v) is 10.8. The average molecular weight is 604 g/mol. The van der Waals surface area contributed by atoms with Crippen molar-refractivity contribution >= 4 is 30.7 Å². The van der Waals surface area contributed by atoms with E-state index < -0.39 is 19.9 Å². The van der Waals surface area contributed by atoms with Gasteiger partial charge in [0.25, 0.3) is 5.56 Å². The van der Waals surface area contributed by atoms with E-state index in [1.807, 2.05) is 31.2 Å². The van der Waals surface area contributed by atoms with Crippen LogP contribution in [0, 0.1) is 30.6 Å². The van der Waals surface area contributed by atoms with E-state index in [0.717, 1.165) is 17.4 Å². The van der Waals surface area contributed by atoms with Crippen LogP contribution in [-0.2, 0) is 16.1 Å². The third-order valence-electron chi connectivity index (χ3n) is 9.13. The molecule has 0 saturated heterocycles. The number of benzene rings is 2. The van der Waals surface area contributed by atoms with Gasteiger partial charge in [0, 0.05) is 19.6 Å². The van der Waals surface area contributed by atoms with E-state index in [1.54, 1.807) is 18.2 Å². The second-order valence-corrected chi connectivity index (χ2v) is 19.4. The summed E-state index contributed by atoms with van der Waals surface area (Å²) >= 11 is 0. The van der Waals surface area contributed by atoms with E-state index in [2.05, 4.69) is 30.0 Å². The molecule has 2 aromatic carbocycles. The Morgan fingerprint density at radius 3 is 2.44 bits per heavy atom. The van der Waals surface area contributed by atoms with Crippen LogP contribution in [0.4, 0.5) is 0 Å². The van der Waals surface area contributed by atoms with Gasteiger partial charge in [-0.25, -0.2) is 4.68 Å². The molecule has 8 nitrogen and oxygen atoms in total. The lowest BCUT2D eigenvalue weighted by atomic mass is 9.84. The smallest absolute Gasteiger partial charge is 0.310 e. The van der Waals surface area contributed by atoms with Crippen molar-refractivity contribution in [2.45, 2.75) is 84.1 Å². The minimum Gasteiger partial charge on any atom is -0.493 e. The van der Waals surface area contributed by atoms with E-state index in [0.29, 0.717) is 48.4 Å². The maximum Gasteiger partial charge on any atom is 0.310 e. The van der Waals surface area contributed by atoms with E-state index in [9.17, 15) is 14.4 Å². The predicted octanol–water partition coefficient (Wildman–Crippen LogP) is 6.47. The fourth-order valence-corrected chi connectivity index (χ4v) is 7.23. The summed E-state index contributed by atoms with van der Waals surface area (Å²) in [4.78, 5) is 40.8. The molecule has 5 rings (SSSR count). The van der Waals surface area contributed by atoms with Crippen LogP contribution in [-0.4, -0.2) is 48.0 Å². The van der Waals surface area contributed by atoms with Gasteiger partial charge in [-0.2, -0.15) is 0 Å². The van der Waals surface area contributed by atoms with Gasteiger partial charge in [0.05, 0.1) is 31.1 Å². The molecule has 2 aliphatic carbocycles. The Balaban J connectivity index is 1.33. The Hall–Kier alpha value is -3.33. The number of carbonyl (C=O) groups is 2. The van der Waals surface area contributed by atoms with Crippen LogP contribution in [0.25, 0.3) is 10.9 Å². The van der Waals surface area contributed by atoms with Gasteiger partial charge < -0.3 is 9.47 Å². The summed E-state index contributed by atoms with van der Waals surface area (Å²) in [5.74, 6) is -0.505. The second-order valence-electron chi connectivity index (χ2n) is 13.7. The topological polar surface area (TPSA) is 100 Å². The van der Waals surface area contributed by atoms with Crippen molar-refractivity contribution in [3.05, 3.63) is 63.9 Å². The SMILES string of the molecule is Cc1ccc2nnn(C[C@@H]3CC[C@H](C(=O)c4ccc(OCC5CCCCC5)cc4)[C@H]3C(=O)OCC[Si](C)(C)C)c(=O)c2c1. The van der Waals surface area contributed by atoms with Gasteiger partial charge in [-0.05, 0) is 86.9 Å². The number of carbonyl (C=O) groups excluding carboxylic acids is 2. The fraction of sp³-hybridized carbons (Fsp3) is 0.559. The summed E-state index contributed by atoms with van der Waals surface area (Å²) in [6, 6.07) is 13.7. The Morgan fingerprint density at radius 2 is 1.72 bits per heavy atom. The van der Waals surface area contributed by atoms with Crippen LogP contribution in [0.1, 0.15) is 60.9 Å². The molecule has 1 aromatic heterocycles. The summed E-state index contributed by atoms with van der Waals surface area (Å²) in [6.07, 6.45) is 7.45. The van der Waals surface area contributed by atoms with Crippen molar-refractivity contribution in [3.63, 3.8) is 0 Å². The number of hydrogen-bond acceptors (Lipinski definition) is 7. The fourth-order valence-electron chi connectivity index (χ4n) is 6.52. The molecule has 3 atom stereocenters. The zero-order valence-corrected chi connectivity index (χ0v) is 27.0. The predicted molar refractivity (Wildman–Crippen MR) is 170 cm³/mol. The second kappa shape index (κ2) is 13.5. The summed E-state index contributed by atoms with van der Waals surface area (Å²) in [5.41, 5.74) is 1.83. The highest BCUT2D eigenvalue weighted by Crippen LogP contribution is 2.41. The Morgan fingerprint density at radius 1 is 0.977 bits per heavy atom. The van der Waals surface area contributed by atoms with Gasteiger partial charge in [-0.3, -0.25) is 14.4 Å². The molecule has 2 fully saturated rings. The minimum absolute atomic E-state index is 0.0685. The number of Topliss-reactive ketones (excluding diaryl/α,β-unsaturated/α-hetero) is 1. The van der Waals surface area contributed by atoms with Gasteiger partial charge in [0.2, 0.25) is 0 Å². The van der Waals surface area contributed by atoms with E-state index >= 15 is 0 Å². The maximum atomic E-state index is 13.9. The Labute approximate surface area is 255 Å². The molecule has 1 heterocycles. The maximum absolute atomic E-state index is 13.9.